The van der Waals surface area contributed by atoms with Crippen LogP contribution in [0.25, 0.3) is 11.4 Å². The third-order valence-electron chi connectivity index (χ3n) is 4.62. The number of tetrazole rings is 1. The van der Waals surface area contributed by atoms with Crippen molar-refractivity contribution in [2.24, 2.45) is 0 Å². The van der Waals surface area contributed by atoms with Crippen LogP contribution in [0.2, 0.25) is 0 Å². The summed E-state index contributed by atoms with van der Waals surface area (Å²) in [6.07, 6.45) is 0. The van der Waals surface area contributed by atoms with E-state index in [4.69, 9.17) is 0 Å². The molecule has 0 saturated carbocycles. The van der Waals surface area contributed by atoms with Gasteiger partial charge in [-0.3, -0.25) is 4.79 Å². The maximum atomic E-state index is 13.6. The zero-order valence-corrected chi connectivity index (χ0v) is 17.0. The molecule has 0 N–H and O–H groups in total. The molecule has 2 heterocycles. The largest absolute Gasteiger partial charge is 0.318 e. The summed E-state index contributed by atoms with van der Waals surface area (Å²) >= 11 is 1.17. The van der Waals surface area contributed by atoms with E-state index < -0.39 is 5.82 Å². The van der Waals surface area contributed by atoms with Gasteiger partial charge in [0.1, 0.15) is 11.6 Å². The fourth-order valence-corrected chi connectivity index (χ4v) is 4.08. The highest BCUT2D eigenvalue weighted by Crippen LogP contribution is 2.25. The third-order valence-corrected chi connectivity index (χ3v) is 5.54. The Morgan fingerprint density at radius 2 is 1.67 bits per heavy atom. The van der Waals surface area contributed by atoms with Crippen LogP contribution in [0.1, 0.15) is 21.7 Å². The number of ketones is 1. The number of halogens is 2. The van der Waals surface area contributed by atoms with E-state index in [0.717, 1.165) is 11.4 Å². The number of hydrogen-bond acceptors (Lipinski definition) is 5. The van der Waals surface area contributed by atoms with Gasteiger partial charge in [-0.05, 0) is 66.7 Å². The predicted molar refractivity (Wildman–Crippen MR) is 109 cm³/mol. The topological polar surface area (TPSA) is 65.6 Å². The fourth-order valence-electron chi connectivity index (χ4n) is 3.30. The summed E-state index contributed by atoms with van der Waals surface area (Å²) < 4.78 is 30.4. The summed E-state index contributed by atoms with van der Waals surface area (Å²) in [5, 5.41) is 11.8. The van der Waals surface area contributed by atoms with Crippen molar-refractivity contribution in [3.8, 4) is 11.4 Å². The molecule has 0 saturated heterocycles. The van der Waals surface area contributed by atoms with E-state index in [9.17, 15) is 13.6 Å². The Morgan fingerprint density at radius 3 is 2.37 bits per heavy atom. The number of carbonyl (C=O) groups is 1. The molecule has 2 aromatic carbocycles. The zero-order chi connectivity index (χ0) is 21.3. The number of thioether (sulfide) groups is 1. The molecule has 0 aliphatic heterocycles. The van der Waals surface area contributed by atoms with E-state index in [1.54, 1.807) is 30.3 Å². The second kappa shape index (κ2) is 8.19. The highest BCUT2D eigenvalue weighted by molar-refractivity contribution is 7.99. The van der Waals surface area contributed by atoms with Gasteiger partial charge < -0.3 is 4.57 Å². The minimum Gasteiger partial charge on any atom is -0.318 e. The minimum absolute atomic E-state index is 0.100. The number of Topliss-reactive ketones (excluding diaryl/α,β-unsaturated/α-hetero) is 1. The van der Waals surface area contributed by atoms with Crippen molar-refractivity contribution in [2.75, 3.05) is 5.75 Å². The van der Waals surface area contributed by atoms with Gasteiger partial charge in [0.15, 0.2) is 5.78 Å². The second-order valence-electron chi connectivity index (χ2n) is 6.67. The van der Waals surface area contributed by atoms with E-state index >= 15 is 0 Å². The first-order valence-corrected chi connectivity index (χ1v) is 10.1. The molecule has 0 aliphatic rings. The van der Waals surface area contributed by atoms with Crippen LogP contribution in [0.3, 0.4) is 0 Å². The number of nitrogens with zero attached hydrogens (tertiary/aromatic N) is 5. The number of carbonyl (C=O) groups excluding carboxylic acids is 1. The summed E-state index contributed by atoms with van der Waals surface area (Å²) in [5.41, 5.74) is 3.24. The second-order valence-corrected chi connectivity index (χ2v) is 7.61. The number of hydrogen-bond donors (Lipinski definition) is 0. The average molecular weight is 425 g/mol. The van der Waals surface area contributed by atoms with E-state index in [1.807, 2.05) is 18.4 Å². The molecule has 30 heavy (non-hydrogen) atoms. The van der Waals surface area contributed by atoms with E-state index in [-0.39, 0.29) is 17.4 Å². The SMILES string of the molecule is Cc1cc(C(=O)CSc2nnnn2-c2cccc(F)c2)c(C)n1-c1cccc(F)c1. The molecule has 152 valence electrons. The van der Waals surface area contributed by atoms with Crippen LogP contribution in [0, 0.1) is 25.5 Å². The van der Waals surface area contributed by atoms with Crippen LogP contribution in [-0.2, 0) is 0 Å². The van der Waals surface area contributed by atoms with Gasteiger partial charge in [-0.25, -0.2) is 8.78 Å². The lowest BCUT2D eigenvalue weighted by Gasteiger charge is -2.10. The molecule has 6 nitrogen and oxygen atoms in total. The number of rotatable bonds is 6. The van der Waals surface area contributed by atoms with Crippen molar-refractivity contribution in [1.29, 1.82) is 0 Å². The molecular weight excluding hydrogens is 408 g/mol. The Balaban J connectivity index is 1.55. The van der Waals surface area contributed by atoms with E-state index in [0.29, 0.717) is 22.1 Å². The van der Waals surface area contributed by atoms with Crippen LogP contribution in [0.15, 0.2) is 59.8 Å². The molecule has 0 atom stereocenters. The van der Waals surface area contributed by atoms with Gasteiger partial charge in [-0.15, -0.1) is 5.10 Å². The molecule has 4 rings (SSSR count). The van der Waals surface area contributed by atoms with Gasteiger partial charge in [0.2, 0.25) is 5.16 Å². The molecule has 0 bridgehead atoms. The van der Waals surface area contributed by atoms with Crippen molar-refractivity contribution in [3.05, 3.63) is 83.2 Å². The summed E-state index contributed by atoms with van der Waals surface area (Å²) in [6.45, 7) is 3.69. The molecule has 0 amide bonds. The Kier molecular flexibility index (Phi) is 5.45. The highest BCUT2D eigenvalue weighted by Gasteiger charge is 2.19. The lowest BCUT2D eigenvalue weighted by Crippen LogP contribution is -2.07. The first-order chi connectivity index (χ1) is 14.4. The zero-order valence-electron chi connectivity index (χ0n) is 16.2. The molecule has 9 heteroatoms. The number of aryl methyl sites for hydroxylation is 1. The summed E-state index contributed by atoms with van der Waals surface area (Å²) in [7, 11) is 0. The van der Waals surface area contributed by atoms with Crippen molar-refractivity contribution < 1.29 is 13.6 Å². The maximum Gasteiger partial charge on any atom is 0.214 e. The van der Waals surface area contributed by atoms with E-state index in [2.05, 4.69) is 15.5 Å². The quantitative estimate of drug-likeness (QED) is 0.340. The molecule has 2 aromatic heterocycles. The van der Waals surface area contributed by atoms with Crippen molar-refractivity contribution in [2.45, 2.75) is 19.0 Å². The first-order valence-electron chi connectivity index (χ1n) is 9.09. The van der Waals surface area contributed by atoms with Gasteiger partial charge in [-0.2, -0.15) is 4.68 Å². The van der Waals surface area contributed by atoms with Crippen molar-refractivity contribution in [1.82, 2.24) is 24.8 Å². The standard InChI is InChI=1S/C21H17F2N5OS/c1-13-9-19(14(2)27(13)17-7-3-5-15(22)10-17)20(29)12-30-21-24-25-26-28(21)18-8-4-6-16(23)11-18/h3-11H,12H2,1-2H3. The predicted octanol–water partition coefficient (Wildman–Crippen LogP) is 4.32. The Labute approximate surface area is 175 Å². The van der Waals surface area contributed by atoms with Gasteiger partial charge in [-0.1, -0.05) is 23.9 Å². The van der Waals surface area contributed by atoms with Gasteiger partial charge in [0.05, 0.1) is 11.4 Å². The van der Waals surface area contributed by atoms with Crippen molar-refractivity contribution in [3.63, 3.8) is 0 Å². The monoisotopic (exact) mass is 425 g/mol. The number of aromatic nitrogens is 5. The van der Waals surface area contributed by atoms with Crippen LogP contribution >= 0.6 is 11.8 Å². The summed E-state index contributed by atoms with van der Waals surface area (Å²) in [6, 6.07) is 13.9. The lowest BCUT2D eigenvalue weighted by atomic mass is 10.2. The van der Waals surface area contributed by atoms with Crippen LogP contribution in [-0.4, -0.2) is 36.3 Å². The van der Waals surface area contributed by atoms with E-state index in [1.165, 1.54) is 40.7 Å². The molecular formula is C21H17F2N5OS. The molecule has 0 radical (unpaired) electrons. The van der Waals surface area contributed by atoms with Gasteiger partial charge in [0, 0.05) is 22.6 Å². The van der Waals surface area contributed by atoms with Gasteiger partial charge >= 0.3 is 0 Å². The lowest BCUT2D eigenvalue weighted by molar-refractivity contribution is 0.102. The fraction of sp³-hybridized carbons (Fsp3) is 0.143. The number of benzene rings is 2. The molecule has 0 spiro atoms. The molecule has 4 aromatic rings. The maximum absolute atomic E-state index is 13.6. The van der Waals surface area contributed by atoms with Gasteiger partial charge in [0.25, 0.3) is 0 Å². The molecule has 0 aliphatic carbocycles. The smallest absolute Gasteiger partial charge is 0.214 e. The third kappa shape index (κ3) is 3.88. The Hall–Kier alpha value is -3.33. The Morgan fingerprint density at radius 1 is 1.00 bits per heavy atom. The normalized spacial score (nSPS) is 11.1. The molecule has 0 fully saturated rings. The van der Waals surface area contributed by atoms with Crippen molar-refractivity contribution >= 4 is 17.5 Å². The van der Waals surface area contributed by atoms with Crippen LogP contribution < -0.4 is 0 Å². The summed E-state index contributed by atoms with van der Waals surface area (Å²) in [5.74, 6) is -0.750. The Bertz CT molecular complexity index is 1230. The summed E-state index contributed by atoms with van der Waals surface area (Å²) in [4.78, 5) is 12.9. The average Bonchev–Trinajstić information content (AvgIpc) is 3.30. The van der Waals surface area contributed by atoms with Crippen LogP contribution in [0.5, 0.6) is 0 Å². The first kappa shape index (κ1) is 20.0. The minimum atomic E-state index is -0.403. The van der Waals surface area contributed by atoms with Crippen LogP contribution in [0.4, 0.5) is 8.78 Å². The highest BCUT2D eigenvalue weighted by atomic mass is 32.2. The molecule has 0 unspecified atom stereocenters.